The zero-order valence-electron chi connectivity index (χ0n) is 34.6. The van der Waals surface area contributed by atoms with Gasteiger partial charge in [0, 0.05) is 91.9 Å². The van der Waals surface area contributed by atoms with Crippen LogP contribution in [-0.4, -0.2) is 89.8 Å². The molecule has 3 aromatic carbocycles. The number of aromatic amines is 1. The van der Waals surface area contributed by atoms with Crippen LogP contribution < -0.4 is 14.4 Å². The Labute approximate surface area is 369 Å². The SMILES string of the molecule is O=C(NS(=O)(=O)c1cc([N+](=O)[O-])c2nn(C3CCOCC3)cc2c1)c1ccc(N2CCN(CC3=C(c4ccc(Cl)cc4)CC4(CCC4)CC3)CC2)cc1Oc1cnc2[nH]ccc2c1. The molecule has 5 heterocycles. The highest BCUT2D eigenvalue weighted by molar-refractivity contribution is 7.90. The standard InChI is InChI=1S/C46H47ClN8O7S/c47-34-4-2-30(3-5-34)40-26-46(12-1-13-46)14-8-32(40)28-52-16-18-53(19-17-52)36-6-7-39(42(24-36)62-37-22-31-9-15-48-44(31)49-27-37)45(56)51-63(59,60)38-23-33-29-54(35-10-20-61-21-11-35)50-43(33)41(25-38)55(57)58/h2-7,9,15,22-25,27,29,35H,1,8,10-14,16-21,26,28H2,(H,48,49)(H,51,56). The summed E-state index contributed by atoms with van der Waals surface area (Å²) in [7, 11) is -4.62. The third-order valence-electron chi connectivity index (χ3n) is 13.4. The topological polar surface area (TPSA) is 178 Å². The Hall–Kier alpha value is -5.81. The van der Waals surface area contributed by atoms with Crippen molar-refractivity contribution >= 4 is 66.4 Å². The van der Waals surface area contributed by atoms with E-state index in [0.29, 0.717) is 42.9 Å². The predicted molar refractivity (Wildman–Crippen MR) is 240 cm³/mol. The summed E-state index contributed by atoms with van der Waals surface area (Å²) in [5, 5.41) is 18.5. The van der Waals surface area contributed by atoms with Gasteiger partial charge >= 0.3 is 0 Å². The number of carbonyl (C=O) groups excluding carboxylic acids is 1. The van der Waals surface area contributed by atoms with E-state index in [4.69, 9.17) is 21.1 Å². The highest BCUT2D eigenvalue weighted by Gasteiger charge is 2.41. The number of aromatic nitrogens is 4. The molecule has 4 aliphatic rings. The molecular weight excluding hydrogens is 844 g/mol. The minimum atomic E-state index is -4.62. The van der Waals surface area contributed by atoms with E-state index in [1.807, 2.05) is 18.2 Å². The van der Waals surface area contributed by atoms with Gasteiger partial charge in [0.05, 0.1) is 27.6 Å². The molecule has 2 aliphatic heterocycles. The Kier molecular flexibility index (Phi) is 10.9. The van der Waals surface area contributed by atoms with Gasteiger partial charge in [0.25, 0.3) is 21.6 Å². The van der Waals surface area contributed by atoms with E-state index in [1.54, 1.807) is 41.3 Å². The molecule has 10 rings (SSSR count). The summed E-state index contributed by atoms with van der Waals surface area (Å²) in [5.41, 5.74) is 5.72. The lowest BCUT2D eigenvalue weighted by atomic mass is 9.59. The lowest BCUT2D eigenvalue weighted by Crippen LogP contribution is -2.47. The monoisotopic (exact) mass is 890 g/mol. The molecule has 63 heavy (non-hydrogen) atoms. The van der Waals surface area contributed by atoms with E-state index in [1.165, 1.54) is 54.7 Å². The van der Waals surface area contributed by atoms with Crippen molar-refractivity contribution < 1.29 is 27.6 Å². The van der Waals surface area contributed by atoms with Gasteiger partial charge in [-0.05, 0) is 104 Å². The number of non-ortho nitro benzene ring substituents is 1. The van der Waals surface area contributed by atoms with Crippen molar-refractivity contribution in [1.82, 2.24) is 29.4 Å². The number of ether oxygens (including phenoxy) is 2. The fourth-order valence-electron chi connectivity index (χ4n) is 9.68. The highest BCUT2D eigenvalue weighted by atomic mass is 35.5. The smallest absolute Gasteiger partial charge is 0.298 e. The number of sulfonamides is 1. The summed E-state index contributed by atoms with van der Waals surface area (Å²) in [6.45, 7) is 5.09. The first kappa shape index (κ1) is 41.2. The van der Waals surface area contributed by atoms with E-state index in [-0.39, 0.29) is 28.3 Å². The van der Waals surface area contributed by atoms with Crippen LogP contribution in [0.3, 0.4) is 0 Å². The molecule has 15 nitrogen and oxygen atoms in total. The van der Waals surface area contributed by atoms with Crippen LogP contribution in [0, 0.1) is 15.5 Å². The number of anilines is 1. The quantitative estimate of drug-likeness (QED) is 0.0940. The molecule has 6 aromatic rings. The van der Waals surface area contributed by atoms with Crippen LogP contribution in [0.2, 0.25) is 5.02 Å². The summed E-state index contributed by atoms with van der Waals surface area (Å²) in [6.07, 6.45) is 13.6. The number of nitrogens with zero attached hydrogens (tertiary/aromatic N) is 6. The second kappa shape index (κ2) is 16.7. The largest absolute Gasteiger partial charge is 0.455 e. The zero-order chi connectivity index (χ0) is 43.3. The molecule has 0 bridgehead atoms. The fraction of sp³-hybridized carbons (Fsp3) is 0.370. The molecule has 1 spiro atoms. The van der Waals surface area contributed by atoms with Crippen molar-refractivity contribution in [3.8, 4) is 11.5 Å². The van der Waals surface area contributed by atoms with Gasteiger partial charge in [-0.3, -0.25) is 24.5 Å². The van der Waals surface area contributed by atoms with Gasteiger partial charge in [-0.1, -0.05) is 35.7 Å². The Morgan fingerprint density at radius 2 is 1.79 bits per heavy atom. The van der Waals surface area contributed by atoms with E-state index in [2.05, 4.69) is 41.7 Å². The summed E-state index contributed by atoms with van der Waals surface area (Å²) >= 11 is 6.28. The van der Waals surface area contributed by atoms with Crippen LogP contribution in [-0.2, 0) is 14.8 Å². The summed E-state index contributed by atoms with van der Waals surface area (Å²) in [4.78, 5) is 37.4. The third kappa shape index (κ3) is 8.40. The number of benzene rings is 3. The van der Waals surface area contributed by atoms with Crippen LogP contribution in [0.25, 0.3) is 27.5 Å². The molecule has 1 saturated carbocycles. The number of halogens is 1. The molecule has 0 radical (unpaired) electrons. The fourth-order valence-corrected chi connectivity index (χ4v) is 10.8. The number of piperazine rings is 1. The van der Waals surface area contributed by atoms with E-state index in [9.17, 15) is 23.3 Å². The van der Waals surface area contributed by atoms with Gasteiger partial charge in [0.15, 0.2) is 5.52 Å². The summed E-state index contributed by atoms with van der Waals surface area (Å²) in [5.74, 6) is -0.480. The van der Waals surface area contributed by atoms with Crippen molar-refractivity contribution in [3.63, 3.8) is 0 Å². The average molecular weight is 891 g/mol. The first-order chi connectivity index (χ1) is 30.5. The van der Waals surface area contributed by atoms with Crippen molar-refractivity contribution in [2.45, 2.75) is 62.3 Å². The molecule has 3 fully saturated rings. The van der Waals surface area contributed by atoms with Crippen LogP contribution in [0.1, 0.15) is 73.3 Å². The van der Waals surface area contributed by atoms with Gasteiger partial charge in [0.1, 0.15) is 17.1 Å². The second-order valence-electron chi connectivity index (χ2n) is 17.3. The lowest BCUT2D eigenvalue weighted by molar-refractivity contribution is -0.383. The molecule has 17 heteroatoms. The minimum absolute atomic E-state index is 0.0405. The van der Waals surface area contributed by atoms with Crippen LogP contribution >= 0.6 is 11.6 Å². The Bertz CT molecular complexity index is 2880. The van der Waals surface area contributed by atoms with Gasteiger partial charge in [-0.15, -0.1) is 0 Å². The lowest BCUT2D eigenvalue weighted by Gasteiger charge is -2.47. The molecule has 0 unspecified atom stereocenters. The second-order valence-corrected chi connectivity index (χ2v) is 19.4. The van der Waals surface area contributed by atoms with Gasteiger partial charge in [-0.2, -0.15) is 5.10 Å². The van der Waals surface area contributed by atoms with Crippen molar-refractivity contribution in [2.24, 2.45) is 5.41 Å². The van der Waals surface area contributed by atoms with Crippen molar-refractivity contribution in [1.29, 1.82) is 0 Å². The number of nitrogens with one attached hydrogen (secondary N) is 2. The van der Waals surface area contributed by atoms with Crippen molar-refractivity contribution in [3.05, 3.63) is 117 Å². The molecule has 1 amide bonds. The number of fused-ring (bicyclic) bond motifs is 2. The molecule has 3 aromatic heterocycles. The number of nitro benzene ring substituents is 1. The number of nitro groups is 1. The Morgan fingerprint density at radius 3 is 2.54 bits per heavy atom. The summed E-state index contributed by atoms with van der Waals surface area (Å²) < 4.78 is 43.4. The molecule has 0 atom stereocenters. The number of carbonyl (C=O) groups is 1. The number of amides is 1. The first-order valence-electron chi connectivity index (χ1n) is 21.5. The number of allylic oxidation sites excluding steroid dienone is 1. The maximum atomic E-state index is 14.1. The molecule has 2 aliphatic carbocycles. The predicted octanol–water partition coefficient (Wildman–Crippen LogP) is 8.67. The number of hydrogen-bond acceptors (Lipinski definition) is 11. The van der Waals surface area contributed by atoms with Gasteiger partial charge < -0.3 is 19.4 Å². The van der Waals surface area contributed by atoms with Crippen LogP contribution in [0.15, 0.2) is 95.8 Å². The van der Waals surface area contributed by atoms with Crippen molar-refractivity contribution in [2.75, 3.05) is 50.8 Å². The third-order valence-corrected chi connectivity index (χ3v) is 14.9. The van der Waals surface area contributed by atoms with Gasteiger partial charge in [-0.25, -0.2) is 18.1 Å². The normalized spacial score (nSPS) is 18.5. The number of H-pyrrole nitrogens is 1. The van der Waals surface area contributed by atoms with E-state index >= 15 is 0 Å². The number of hydrogen-bond donors (Lipinski definition) is 2. The van der Waals surface area contributed by atoms with Gasteiger partial charge in [0.2, 0.25) is 0 Å². The van der Waals surface area contributed by atoms with Crippen LogP contribution in [0.4, 0.5) is 11.4 Å². The molecule has 2 saturated heterocycles. The number of rotatable bonds is 11. The molecular formula is C46H47ClN8O7S. The average Bonchev–Trinajstić information content (AvgIpc) is 3.94. The number of pyridine rings is 1. The van der Waals surface area contributed by atoms with E-state index < -0.39 is 31.4 Å². The zero-order valence-corrected chi connectivity index (χ0v) is 36.2. The minimum Gasteiger partial charge on any atom is -0.455 e. The highest BCUT2D eigenvalue weighted by Crippen LogP contribution is 2.55. The molecule has 2 N–H and O–H groups in total. The maximum Gasteiger partial charge on any atom is 0.298 e. The summed E-state index contributed by atoms with van der Waals surface area (Å²) in [6, 6.07) is 19.2. The first-order valence-corrected chi connectivity index (χ1v) is 23.4. The Balaban J connectivity index is 0.897. The van der Waals surface area contributed by atoms with E-state index in [0.717, 1.165) is 67.7 Å². The maximum absolute atomic E-state index is 14.1. The van der Waals surface area contributed by atoms with Crippen LogP contribution in [0.5, 0.6) is 11.5 Å². The Morgan fingerprint density at radius 1 is 1.00 bits per heavy atom. The molecule has 326 valence electrons.